The Bertz CT molecular complexity index is 756. The van der Waals surface area contributed by atoms with Crippen LogP contribution in [0.3, 0.4) is 0 Å². The van der Waals surface area contributed by atoms with E-state index in [1.165, 1.54) is 0 Å². The maximum Gasteiger partial charge on any atom is 0.268 e. The Balaban J connectivity index is 1.51. The summed E-state index contributed by atoms with van der Waals surface area (Å²) < 4.78 is 13.1. The van der Waals surface area contributed by atoms with Crippen LogP contribution < -0.4 is 5.32 Å². The lowest BCUT2D eigenvalue weighted by Crippen LogP contribution is -2.62. The van der Waals surface area contributed by atoms with E-state index in [0.29, 0.717) is 18.2 Å². The fraction of sp³-hybridized carbons (Fsp3) is 0.450. The number of rotatable bonds is 5. The molecular formula is C20H24N2O3. The second-order valence-corrected chi connectivity index (χ2v) is 6.94. The van der Waals surface area contributed by atoms with Gasteiger partial charge in [0.2, 0.25) is 0 Å². The van der Waals surface area contributed by atoms with Crippen molar-refractivity contribution in [3.05, 3.63) is 48.2 Å². The highest BCUT2D eigenvalue weighted by Gasteiger charge is 2.54. The number of amides is 1. The van der Waals surface area contributed by atoms with Gasteiger partial charge in [0.25, 0.3) is 5.91 Å². The van der Waals surface area contributed by atoms with Gasteiger partial charge in [-0.3, -0.25) is 4.79 Å². The van der Waals surface area contributed by atoms with Gasteiger partial charge in [0.1, 0.15) is 5.69 Å². The van der Waals surface area contributed by atoms with E-state index in [4.69, 9.17) is 9.47 Å². The number of carbonyl (C=O) groups excluding carboxylic acids is 1. The average Bonchev–Trinajstić information content (AvgIpc) is 3.22. The van der Waals surface area contributed by atoms with Crippen LogP contribution in [0.5, 0.6) is 0 Å². The molecule has 2 aliphatic rings. The molecule has 0 unspecified atom stereocenters. The number of fused-ring (bicyclic) bond motifs is 1. The Morgan fingerprint density at radius 1 is 1.28 bits per heavy atom. The van der Waals surface area contributed by atoms with Crippen LogP contribution in [0.4, 0.5) is 0 Å². The van der Waals surface area contributed by atoms with Gasteiger partial charge in [0.15, 0.2) is 0 Å². The molecule has 2 aromatic rings. The van der Waals surface area contributed by atoms with Gasteiger partial charge in [-0.05, 0) is 24.1 Å². The molecule has 4 rings (SSSR count). The van der Waals surface area contributed by atoms with Gasteiger partial charge in [-0.25, -0.2) is 0 Å². The number of hydrogen-bond acceptors (Lipinski definition) is 3. The number of hydrogen-bond donors (Lipinski definition) is 1. The zero-order valence-corrected chi connectivity index (χ0v) is 14.6. The lowest BCUT2D eigenvalue weighted by molar-refractivity contribution is -0.0810. The summed E-state index contributed by atoms with van der Waals surface area (Å²) in [6, 6.07) is 14.1. The first-order valence-electron chi connectivity index (χ1n) is 8.83. The van der Waals surface area contributed by atoms with Crippen LogP contribution in [0.1, 0.15) is 16.9 Å². The molecule has 0 spiro atoms. The molecule has 2 heterocycles. The van der Waals surface area contributed by atoms with Gasteiger partial charge in [0, 0.05) is 44.3 Å². The average molecular weight is 340 g/mol. The molecule has 4 atom stereocenters. The smallest absolute Gasteiger partial charge is 0.268 e. The van der Waals surface area contributed by atoms with E-state index in [9.17, 15) is 4.79 Å². The van der Waals surface area contributed by atoms with Crippen molar-refractivity contribution in [3.8, 4) is 11.3 Å². The maximum absolute atomic E-state index is 12.8. The van der Waals surface area contributed by atoms with E-state index in [0.717, 1.165) is 24.3 Å². The number of nitrogens with zero attached hydrogens (tertiary/aromatic N) is 1. The summed E-state index contributed by atoms with van der Waals surface area (Å²) in [4.78, 5) is 12.8. The maximum atomic E-state index is 12.8. The van der Waals surface area contributed by atoms with Crippen molar-refractivity contribution in [2.75, 3.05) is 20.3 Å². The number of benzene rings is 1. The summed E-state index contributed by atoms with van der Waals surface area (Å²) in [5, 5.41) is 3.22. The minimum Gasteiger partial charge on any atom is -0.384 e. The first kappa shape index (κ1) is 16.4. The summed E-state index contributed by atoms with van der Waals surface area (Å²) in [7, 11) is 3.64. The van der Waals surface area contributed by atoms with Crippen molar-refractivity contribution in [1.29, 1.82) is 0 Å². The zero-order chi connectivity index (χ0) is 17.4. The number of carbonyl (C=O) groups is 1. The van der Waals surface area contributed by atoms with Crippen molar-refractivity contribution >= 4 is 5.91 Å². The van der Waals surface area contributed by atoms with Crippen molar-refractivity contribution < 1.29 is 14.3 Å². The topological polar surface area (TPSA) is 52.5 Å². The standard InChI is InChI=1S/C20H24N2O3/c1-22-16(13-6-4-3-5-7-13)8-9-17(22)20(23)21-18-14-10-11-25-19(14)15(18)12-24-2/h3-9,14-15,18-19H,10-12H2,1-2H3,(H,21,23)/t14-,15-,18-,19-/m0/s1. The number of nitrogens with one attached hydrogen (secondary N) is 1. The molecular weight excluding hydrogens is 316 g/mol. The molecule has 5 nitrogen and oxygen atoms in total. The molecule has 2 fully saturated rings. The Labute approximate surface area is 147 Å². The van der Waals surface area contributed by atoms with Crippen LogP contribution in [-0.4, -0.2) is 42.9 Å². The second kappa shape index (κ2) is 6.65. The molecule has 1 amide bonds. The molecule has 0 bridgehead atoms. The number of aromatic nitrogens is 1. The minimum absolute atomic E-state index is 0.0267. The Morgan fingerprint density at radius 2 is 2.08 bits per heavy atom. The Kier molecular flexibility index (Phi) is 4.36. The zero-order valence-electron chi connectivity index (χ0n) is 14.6. The van der Waals surface area contributed by atoms with Crippen LogP contribution in [0, 0.1) is 11.8 Å². The number of methoxy groups -OCH3 is 1. The fourth-order valence-corrected chi connectivity index (χ4v) is 4.30. The third-order valence-electron chi connectivity index (χ3n) is 5.61. The fourth-order valence-electron chi connectivity index (χ4n) is 4.30. The van der Waals surface area contributed by atoms with Gasteiger partial charge >= 0.3 is 0 Å². The predicted octanol–water partition coefficient (Wildman–Crippen LogP) is 2.47. The molecule has 0 radical (unpaired) electrons. The normalized spacial score (nSPS) is 27.6. The largest absolute Gasteiger partial charge is 0.384 e. The SMILES string of the molecule is COC[C@H]1[C@@H](NC(=O)c2ccc(-c3ccccc3)n2C)[C@@H]2CCO[C@@H]21. The molecule has 1 aliphatic heterocycles. The molecule has 1 saturated carbocycles. The van der Waals surface area contributed by atoms with Crippen molar-refractivity contribution in [3.63, 3.8) is 0 Å². The molecule has 5 heteroatoms. The molecule has 1 aromatic heterocycles. The molecule has 25 heavy (non-hydrogen) atoms. The van der Waals surface area contributed by atoms with Crippen molar-refractivity contribution in [1.82, 2.24) is 9.88 Å². The highest BCUT2D eigenvalue weighted by atomic mass is 16.5. The van der Waals surface area contributed by atoms with E-state index in [1.54, 1.807) is 7.11 Å². The number of ether oxygens (including phenoxy) is 2. The second-order valence-electron chi connectivity index (χ2n) is 6.94. The van der Waals surface area contributed by atoms with E-state index in [2.05, 4.69) is 17.4 Å². The van der Waals surface area contributed by atoms with Crippen LogP contribution >= 0.6 is 0 Å². The lowest BCUT2D eigenvalue weighted by atomic mass is 9.67. The Morgan fingerprint density at radius 3 is 2.84 bits per heavy atom. The van der Waals surface area contributed by atoms with E-state index >= 15 is 0 Å². The van der Waals surface area contributed by atoms with E-state index in [1.807, 2.05) is 41.9 Å². The first-order chi connectivity index (χ1) is 12.2. The highest BCUT2D eigenvalue weighted by Crippen LogP contribution is 2.43. The van der Waals surface area contributed by atoms with E-state index < -0.39 is 0 Å². The lowest BCUT2D eigenvalue weighted by Gasteiger charge is -2.47. The summed E-state index contributed by atoms with van der Waals surface area (Å²) in [6.45, 7) is 1.40. The van der Waals surface area contributed by atoms with Crippen LogP contribution in [0.2, 0.25) is 0 Å². The monoisotopic (exact) mass is 340 g/mol. The van der Waals surface area contributed by atoms with Gasteiger partial charge in [-0.1, -0.05) is 30.3 Å². The summed E-state index contributed by atoms with van der Waals surface area (Å²) >= 11 is 0. The van der Waals surface area contributed by atoms with Crippen LogP contribution in [0.25, 0.3) is 11.3 Å². The third kappa shape index (κ3) is 2.77. The summed E-state index contributed by atoms with van der Waals surface area (Å²) in [5.41, 5.74) is 2.82. The first-order valence-corrected chi connectivity index (χ1v) is 8.83. The molecule has 132 valence electrons. The van der Waals surface area contributed by atoms with Gasteiger partial charge in [0.05, 0.1) is 12.7 Å². The molecule has 1 N–H and O–H groups in total. The predicted molar refractivity (Wildman–Crippen MR) is 95.3 cm³/mol. The third-order valence-corrected chi connectivity index (χ3v) is 5.61. The minimum atomic E-state index is -0.0267. The van der Waals surface area contributed by atoms with Crippen LogP contribution in [-0.2, 0) is 16.5 Å². The van der Waals surface area contributed by atoms with E-state index in [-0.39, 0.29) is 24.0 Å². The molecule has 1 saturated heterocycles. The van der Waals surface area contributed by atoms with Crippen molar-refractivity contribution in [2.45, 2.75) is 18.6 Å². The highest BCUT2D eigenvalue weighted by molar-refractivity contribution is 5.94. The summed E-state index contributed by atoms with van der Waals surface area (Å²) in [6.07, 6.45) is 1.25. The van der Waals surface area contributed by atoms with Gasteiger partial charge in [-0.15, -0.1) is 0 Å². The quantitative estimate of drug-likeness (QED) is 0.910. The molecule has 1 aliphatic carbocycles. The van der Waals surface area contributed by atoms with Crippen molar-refractivity contribution in [2.24, 2.45) is 18.9 Å². The van der Waals surface area contributed by atoms with Gasteiger partial charge < -0.3 is 19.4 Å². The van der Waals surface area contributed by atoms with Gasteiger partial charge in [-0.2, -0.15) is 0 Å². The van der Waals surface area contributed by atoms with Crippen LogP contribution in [0.15, 0.2) is 42.5 Å². The Hall–Kier alpha value is -2.11. The molecule has 1 aromatic carbocycles. The summed E-state index contributed by atoms with van der Waals surface area (Å²) in [5.74, 6) is 0.634.